The molecule has 0 bridgehead atoms. The molecule has 0 aliphatic carbocycles. The predicted octanol–water partition coefficient (Wildman–Crippen LogP) is 3.43. The van der Waals surface area contributed by atoms with Crippen molar-refractivity contribution in [3.05, 3.63) is 47.2 Å². The monoisotopic (exact) mass is 367 g/mol. The number of benzene rings is 1. The van der Waals surface area contributed by atoms with Crippen LogP contribution in [0.4, 0.5) is 0 Å². The molecule has 142 valence electrons. The van der Waals surface area contributed by atoms with Gasteiger partial charge in [-0.1, -0.05) is 13.8 Å². The quantitative estimate of drug-likeness (QED) is 0.709. The van der Waals surface area contributed by atoms with Crippen LogP contribution in [0.1, 0.15) is 42.5 Å². The van der Waals surface area contributed by atoms with Gasteiger partial charge in [0.2, 0.25) is 5.91 Å². The topological polar surface area (TPSA) is 60.5 Å². The Morgan fingerprint density at radius 2 is 2.19 bits per heavy atom. The highest BCUT2D eigenvalue weighted by molar-refractivity contribution is 5.88. The zero-order chi connectivity index (χ0) is 19.1. The van der Waals surface area contributed by atoms with Crippen LogP contribution in [0.2, 0.25) is 0 Å². The molecule has 1 aliphatic heterocycles. The molecule has 0 fully saturated rings. The molecule has 0 saturated heterocycles. The van der Waals surface area contributed by atoms with E-state index in [4.69, 9.17) is 14.1 Å². The highest BCUT2D eigenvalue weighted by Crippen LogP contribution is 2.27. The molecule has 0 saturated carbocycles. The Kier molecular flexibility index (Phi) is 4.42. The van der Waals surface area contributed by atoms with Crippen LogP contribution in [0.5, 0.6) is 5.75 Å². The van der Waals surface area contributed by atoms with Crippen LogP contribution >= 0.6 is 0 Å². The molecule has 1 aromatic carbocycles. The van der Waals surface area contributed by atoms with Crippen LogP contribution in [0.25, 0.3) is 11.0 Å². The van der Waals surface area contributed by atoms with Gasteiger partial charge in [-0.15, -0.1) is 0 Å². The number of hydrogen-bond acceptors (Lipinski definition) is 4. The van der Waals surface area contributed by atoms with Gasteiger partial charge < -0.3 is 18.6 Å². The van der Waals surface area contributed by atoms with E-state index < -0.39 is 0 Å². The van der Waals surface area contributed by atoms with Crippen molar-refractivity contribution in [2.75, 3.05) is 13.7 Å². The van der Waals surface area contributed by atoms with Crippen LogP contribution in [0, 0.1) is 0 Å². The normalized spacial score (nSPS) is 14.0. The molecule has 0 radical (unpaired) electrons. The minimum Gasteiger partial charge on any atom is -0.497 e. The summed E-state index contributed by atoms with van der Waals surface area (Å²) in [6.45, 7) is 5.61. The van der Waals surface area contributed by atoms with Crippen molar-refractivity contribution in [3.63, 3.8) is 0 Å². The van der Waals surface area contributed by atoms with Crippen LogP contribution in [-0.2, 0) is 31.2 Å². The highest BCUT2D eigenvalue weighted by Gasteiger charge is 2.26. The molecule has 2 aromatic heterocycles. The van der Waals surface area contributed by atoms with Gasteiger partial charge in [-0.05, 0) is 12.1 Å². The number of fused-ring (bicyclic) bond motifs is 2. The van der Waals surface area contributed by atoms with Gasteiger partial charge in [0.05, 0.1) is 32.0 Å². The maximum atomic E-state index is 12.9. The molecule has 1 amide bonds. The second-order valence-corrected chi connectivity index (χ2v) is 7.44. The second kappa shape index (κ2) is 6.76. The largest absolute Gasteiger partial charge is 0.497 e. The van der Waals surface area contributed by atoms with Gasteiger partial charge in [0.25, 0.3) is 0 Å². The fraction of sp³-hybridized carbons (Fsp3) is 0.429. The van der Waals surface area contributed by atoms with Crippen molar-refractivity contribution < 1.29 is 13.9 Å². The minimum atomic E-state index is 0.107. The lowest BCUT2D eigenvalue weighted by Gasteiger charge is -2.26. The van der Waals surface area contributed by atoms with Crippen LogP contribution in [-0.4, -0.2) is 34.0 Å². The van der Waals surface area contributed by atoms with E-state index in [2.05, 4.69) is 25.5 Å². The first-order valence-electron chi connectivity index (χ1n) is 9.34. The maximum absolute atomic E-state index is 12.9. The Labute approximate surface area is 158 Å². The second-order valence-electron chi connectivity index (χ2n) is 7.44. The highest BCUT2D eigenvalue weighted by atomic mass is 16.5. The summed E-state index contributed by atoms with van der Waals surface area (Å²) in [6, 6.07) is 5.68. The number of aromatic nitrogens is 2. The van der Waals surface area contributed by atoms with Crippen LogP contribution in [0.3, 0.4) is 0 Å². The van der Waals surface area contributed by atoms with Crippen molar-refractivity contribution in [1.82, 2.24) is 14.5 Å². The van der Waals surface area contributed by atoms with E-state index in [0.29, 0.717) is 18.9 Å². The first-order valence-corrected chi connectivity index (χ1v) is 9.34. The Morgan fingerprint density at radius 3 is 2.93 bits per heavy atom. The van der Waals surface area contributed by atoms with E-state index >= 15 is 0 Å². The van der Waals surface area contributed by atoms with Crippen molar-refractivity contribution >= 4 is 16.9 Å². The number of rotatable bonds is 4. The van der Waals surface area contributed by atoms with Crippen molar-refractivity contribution in [3.8, 4) is 5.75 Å². The third-order valence-electron chi connectivity index (χ3n) is 5.36. The predicted molar refractivity (Wildman–Crippen MR) is 103 cm³/mol. The summed E-state index contributed by atoms with van der Waals surface area (Å²) in [5.74, 6) is 2.31. The molecule has 0 N–H and O–H groups in total. The number of methoxy groups -OCH3 is 1. The lowest BCUT2D eigenvalue weighted by atomic mass is 10.1. The smallest absolute Gasteiger partial charge is 0.227 e. The summed E-state index contributed by atoms with van der Waals surface area (Å²) in [6.07, 6.45) is 2.86. The number of imidazole rings is 1. The SMILES string of the molecule is COc1ccc2c(CC(=O)N3CCc4c(nc(C(C)C)n4C)C3)coc2c1. The van der Waals surface area contributed by atoms with E-state index in [1.54, 1.807) is 13.4 Å². The van der Waals surface area contributed by atoms with Gasteiger partial charge in [-0.3, -0.25) is 4.79 Å². The number of nitrogens with zero attached hydrogens (tertiary/aromatic N) is 3. The van der Waals surface area contributed by atoms with Gasteiger partial charge in [-0.2, -0.15) is 0 Å². The molecule has 3 heterocycles. The third-order valence-corrected chi connectivity index (χ3v) is 5.36. The minimum absolute atomic E-state index is 0.107. The zero-order valence-electron chi connectivity index (χ0n) is 16.3. The first kappa shape index (κ1) is 17.6. The van der Waals surface area contributed by atoms with Crippen molar-refractivity contribution in [2.45, 2.75) is 39.2 Å². The van der Waals surface area contributed by atoms with E-state index in [-0.39, 0.29) is 5.91 Å². The van der Waals surface area contributed by atoms with Gasteiger partial charge >= 0.3 is 0 Å². The van der Waals surface area contributed by atoms with E-state index in [1.807, 2.05) is 23.1 Å². The fourth-order valence-electron chi connectivity index (χ4n) is 3.88. The molecule has 1 aliphatic rings. The number of furan rings is 1. The van der Waals surface area contributed by atoms with E-state index in [9.17, 15) is 4.79 Å². The molecular weight excluding hydrogens is 342 g/mol. The molecule has 6 nitrogen and oxygen atoms in total. The standard InChI is InChI=1S/C21H25N3O3/c1-13(2)21-22-17-11-24(8-7-18(17)23(21)3)20(25)9-14-12-27-19-10-15(26-4)5-6-16(14)19/h5-6,10,12-13H,7-9,11H2,1-4H3. The molecule has 3 aromatic rings. The van der Waals surface area contributed by atoms with Crippen LogP contribution < -0.4 is 4.74 Å². The van der Waals surface area contributed by atoms with Crippen molar-refractivity contribution in [1.29, 1.82) is 0 Å². The Hall–Kier alpha value is -2.76. The summed E-state index contributed by atoms with van der Waals surface area (Å²) in [5.41, 5.74) is 3.93. The molecule has 6 heteroatoms. The summed E-state index contributed by atoms with van der Waals surface area (Å²) < 4.78 is 13.0. The molecule has 0 unspecified atom stereocenters. The Balaban J connectivity index is 1.52. The molecule has 4 rings (SSSR count). The van der Waals surface area contributed by atoms with Crippen LogP contribution in [0.15, 0.2) is 28.9 Å². The molecular formula is C21H25N3O3. The van der Waals surface area contributed by atoms with Crippen molar-refractivity contribution in [2.24, 2.45) is 7.05 Å². The lowest BCUT2D eigenvalue weighted by Crippen LogP contribution is -2.37. The fourth-order valence-corrected chi connectivity index (χ4v) is 3.88. The molecule has 27 heavy (non-hydrogen) atoms. The number of carbonyl (C=O) groups excluding carboxylic acids is 1. The summed E-state index contributed by atoms with van der Waals surface area (Å²) >= 11 is 0. The lowest BCUT2D eigenvalue weighted by molar-refractivity contribution is -0.131. The number of carbonyl (C=O) groups is 1. The van der Waals surface area contributed by atoms with Gasteiger partial charge in [0.15, 0.2) is 0 Å². The maximum Gasteiger partial charge on any atom is 0.227 e. The van der Waals surface area contributed by atoms with E-state index in [0.717, 1.165) is 46.8 Å². The van der Waals surface area contributed by atoms with Gasteiger partial charge in [0.1, 0.15) is 17.2 Å². The third kappa shape index (κ3) is 3.09. The average molecular weight is 367 g/mol. The van der Waals surface area contributed by atoms with Gasteiger partial charge in [0, 0.05) is 48.6 Å². The molecule has 0 atom stereocenters. The number of hydrogen-bond donors (Lipinski definition) is 0. The van der Waals surface area contributed by atoms with E-state index in [1.165, 1.54) is 5.69 Å². The average Bonchev–Trinajstić information content (AvgIpc) is 3.22. The summed E-state index contributed by atoms with van der Waals surface area (Å²) in [5, 5.41) is 0.960. The Bertz CT molecular complexity index is 1000. The van der Waals surface area contributed by atoms with Gasteiger partial charge in [-0.25, -0.2) is 4.98 Å². The Morgan fingerprint density at radius 1 is 1.37 bits per heavy atom. The summed E-state index contributed by atoms with van der Waals surface area (Å²) in [7, 11) is 3.70. The number of amides is 1. The molecule has 0 spiro atoms. The summed E-state index contributed by atoms with van der Waals surface area (Å²) in [4.78, 5) is 19.6. The first-order chi connectivity index (χ1) is 13.0. The zero-order valence-corrected chi connectivity index (χ0v) is 16.3. The number of ether oxygens (including phenoxy) is 1.